The highest BCUT2D eigenvalue weighted by molar-refractivity contribution is 7.98. The van der Waals surface area contributed by atoms with Crippen LogP contribution in [0.3, 0.4) is 0 Å². The summed E-state index contributed by atoms with van der Waals surface area (Å²) in [6.07, 6.45) is 2.00. The highest BCUT2D eigenvalue weighted by Gasteiger charge is 2.37. The summed E-state index contributed by atoms with van der Waals surface area (Å²) in [6.45, 7) is 6.88. The van der Waals surface area contributed by atoms with E-state index in [1.165, 1.54) is 0 Å². The van der Waals surface area contributed by atoms with Gasteiger partial charge in [-0.25, -0.2) is 0 Å². The molecule has 0 saturated carbocycles. The second-order valence-electron chi connectivity index (χ2n) is 5.55. The summed E-state index contributed by atoms with van der Waals surface area (Å²) < 4.78 is 10.8. The average Bonchev–Trinajstić information content (AvgIpc) is 2.54. The van der Waals surface area contributed by atoms with Gasteiger partial charge in [-0.3, -0.25) is 9.69 Å². The second kappa shape index (κ2) is 6.81. The van der Waals surface area contributed by atoms with E-state index in [0.29, 0.717) is 24.5 Å². The van der Waals surface area contributed by atoms with Crippen molar-refractivity contribution in [3.05, 3.63) is 23.8 Å². The van der Waals surface area contributed by atoms with Gasteiger partial charge in [-0.15, -0.1) is 11.8 Å². The molecule has 0 radical (unpaired) electrons. The maximum atomic E-state index is 13.0. The fourth-order valence-electron chi connectivity index (χ4n) is 2.59. The number of hydrogen-bond donors (Lipinski definition) is 0. The zero-order chi connectivity index (χ0) is 15.5. The van der Waals surface area contributed by atoms with E-state index in [9.17, 15) is 4.79 Å². The molecule has 0 bridgehead atoms. The van der Waals surface area contributed by atoms with Gasteiger partial charge in [0.15, 0.2) is 5.78 Å². The number of rotatable bonds is 5. The van der Waals surface area contributed by atoms with E-state index in [2.05, 4.69) is 4.90 Å². The zero-order valence-corrected chi connectivity index (χ0v) is 14.0. The summed E-state index contributed by atoms with van der Waals surface area (Å²) in [5, 5.41) is 0. The van der Waals surface area contributed by atoms with Gasteiger partial charge in [-0.1, -0.05) is 0 Å². The molecule has 0 amide bonds. The Bertz CT molecular complexity index is 510. The van der Waals surface area contributed by atoms with Crippen molar-refractivity contribution in [1.82, 2.24) is 4.90 Å². The topological polar surface area (TPSA) is 38.8 Å². The number of nitrogens with zero attached hydrogens (tertiary/aromatic N) is 1. The molecule has 116 valence electrons. The van der Waals surface area contributed by atoms with Crippen LogP contribution in [0.15, 0.2) is 23.1 Å². The van der Waals surface area contributed by atoms with Crippen LogP contribution in [0.1, 0.15) is 24.2 Å². The molecule has 1 fully saturated rings. The van der Waals surface area contributed by atoms with E-state index in [1.807, 2.05) is 38.3 Å². The summed E-state index contributed by atoms with van der Waals surface area (Å²) in [7, 11) is 1.60. The highest BCUT2D eigenvalue weighted by Crippen LogP contribution is 2.30. The first kappa shape index (κ1) is 16.3. The van der Waals surface area contributed by atoms with Crippen molar-refractivity contribution < 1.29 is 14.3 Å². The number of carbonyl (C=O) groups is 1. The smallest absolute Gasteiger partial charge is 0.186 e. The number of ether oxygens (including phenoxy) is 2. The molecule has 1 saturated heterocycles. The Morgan fingerprint density at radius 2 is 2.00 bits per heavy atom. The van der Waals surface area contributed by atoms with E-state index < -0.39 is 5.54 Å². The van der Waals surface area contributed by atoms with Gasteiger partial charge in [0.25, 0.3) is 0 Å². The third kappa shape index (κ3) is 3.42. The van der Waals surface area contributed by atoms with E-state index in [1.54, 1.807) is 18.9 Å². The van der Waals surface area contributed by atoms with Crippen LogP contribution in [0.5, 0.6) is 5.75 Å². The van der Waals surface area contributed by atoms with E-state index >= 15 is 0 Å². The van der Waals surface area contributed by atoms with Crippen molar-refractivity contribution >= 4 is 17.5 Å². The average molecular weight is 309 g/mol. The van der Waals surface area contributed by atoms with Crippen LogP contribution in [0.25, 0.3) is 0 Å². The third-order valence-electron chi connectivity index (χ3n) is 4.01. The lowest BCUT2D eigenvalue weighted by Crippen LogP contribution is -2.54. The van der Waals surface area contributed by atoms with Crippen LogP contribution in [0, 0.1) is 0 Å². The summed E-state index contributed by atoms with van der Waals surface area (Å²) >= 11 is 1.62. The fraction of sp³-hybridized carbons (Fsp3) is 0.562. The van der Waals surface area contributed by atoms with Crippen LogP contribution in [0.2, 0.25) is 0 Å². The molecule has 4 nitrogen and oxygen atoms in total. The molecule has 1 aromatic carbocycles. The molecule has 2 rings (SSSR count). The minimum atomic E-state index is -0.561. The Balaban J connectivity index is 2.33. The van der Waals surface area contributed by atoms with Gasteiger partial charge in [0, 0.05) is 18.0 Å². The number of carbonyl (C=O) groups excluding carboxylic acids is 1. The van der Waals surface area contributed by atoms with Crippen molar-refractivity contribution in [2.45, 2.75) is 24.3 Å². The molecule has 1 aromatic rings. The largest absolute Gasteiger partial charge is 0.496 e. The molecule has 5 heteroatoms. The van der Waals surface area contributed by atoms with Gasteiger partial charge in [0.2, 0.25) is 0 Å². The number of morpholine rings is 1. The normalized spacial score (nSPS) is 16.8. The van der Waals surface area contributed by atoms with Crippen molar-refractivity contribution in [3.63, 3.8) is 0 Å². The number of benzene rings is 1. The van der Waals surface area contributed by atoms with Gasteiger partial charge in [-0.05, 0) is 38.3 Å². The van der Waals surface area contributed by atoms with Crippen molar-refractivity contribution in [2.24, 2.45) is 0 Å². The molecular formula is C16H23NO3S. The predicted octanol–water partition coefficient (Wildman–Crippen LogP) is 2.71. The molecule has 1 aliphatic rings. The Morgan fingerprint density at radius 3 is 2.57 bits per heavy atom. The van der Waals surface area contributed by atoms with Crippen molar-refractivity contribution in [1.29, 1.82) is 0 Å². The molecule has 0 atom stereocenters. The standard InChI is InChI=1S/C16H23NO3S/c1-16(2,17-7-9-20-10-8-17)15(18)13-11-12(21-4)5-6-14(13)19-3/h5-6,11H,7-10H2,1-4H3. The zero-order valence-electron chi connectivity index (χ0n) is 13.1. The minimum absolute atomic E-state index is 0.0946. The molecule has 0 aliphatic carbocycles. The molecule has 21 heavy (non-hydrogen) atoms. The molecule has 1 heterocycles. The molecule has 0 unspecified atom stereocenters. The van der Waals surface area contributed by atoms with E-state index in [0.717, 1.165) is 18.0 Å². The maximum Gasteiger partial charge on any atom is 0.186 e. The van der Waals surface area contributed by atoms with Crippen molar-refractivity contribution in [2.75, 3.05) is 39.7 Å². The molecule has 0 aromatic heterocycles. The lowest BCUT2D eigenvalue weighted by Gasteiger charge is -2.39. The monoisotopic (exact) mass is 309 g/mol. The fourth-order valence-corrected chi connectivity index (χ4v) is 3.03. The van der Waals surface area contributed by atoms with Gasteiger partial charge in [-0.2, -0.15) is 0 Å². The first-order valence-corrected chi connectivity index (χ1v) is 8.33. The van der Waals surface area contributed by atoms with Crippen LogP contribution < -0.4 is 4.74 Å². The highest BCUT2D eigenvalue weighted by atomic mass is 32.2. The first-order valence-electron chi connectivity index (χ1n) is 7.10. The van der Waals surface area contributed by atoms with Gasteiger partial charge < -0.3 is 9.47 Å². The van der Waals surface area contributed by atoms with E-state index in [-0.39, 0.29) is 5.78 Å². The first-order chi connectivity index (χ1) is 10.0. The quantitative estimate of drug-likeness (QED) is 0.618. The van der Waals surface area contributed by atoms with E-state index in [4.69, 9.17) is 9.47 Å². The molecule has 1 aliphatic heterocycles. The summed E-state index contributed by atoms with van der Waals surface area (Å²) in [5.74, 6) is 0.733. The third-order valence-corrected chi connectivity index (χ3v) is 4.73. The number of Topliss-reactive ketones (excluding diaryl/α,β-unsaturated/α-hetero) is 1. The van der Waals surface area contributed by atoms with Gasteiger partial charge in [0.05, 0.1) is 31.4 Å². The lowest BCUT2D eigenvalue weighted by molar-refractivity contribution is -0.00438. The molecule has 0 spiro atoms. The van der Waals surface area contributed by atoms with Crippen LogP contribution >= 0.6 is 11.8 Å². The Kier molecular flexibility index (Phi) is 5.30. The van der Waals surface area contributed by atoms with Crippen LogP contribution in [0.4, 0.5) is 0 Å². The Morgan fingerprint density at radius 1 is 1.33 bits per heavy atom. The predicted molar refractivity (Wildman–Crippen MR) is 85.6 cm³/mol. The van der Waals surface area contributed by atoms with Gasteiger partial charge in [0.1, 0.15) is 5.75 Å². The number of thioether (sulfide) groups is 1. The van der Waals surface area contributed by atoms with Gasteiger partial charge >= 0.3 is 0 Å². The maximum absolute atomic E-state index is 13.0. The molecular weight excluding hydrogens is 286 g/mol. The number of methoxy groups -OCH3 is 1. The number of ketones is 1. The van der Waals surface area contributed by atoms with Crippen LogP contribution in [-0.4, -0.2) is 55.9 Å². The lowest BCUT2D eigenvalue weighted by atomic mass is 9.90. The summed E-state index contributed by atoms with van der Waals surface area (Å²) in [5.41, 5.74) is 0.0921. The molecule has 0 N–H and O–H groups in total. The number of hydrogen-bond acceptors (Lipinski definition) is 5. The second-order valence-corrected chi connectivity index (χ2v) is 6.43. The SMILES string of the molecule is COc1ccc(SC)cc1C(=O)C(C)(C)N1CCOCC1. The Hall–Kier alpha value is -1.04. The van der Waals surface area contributed by atoms with Crippen molar-refractivity contribution in [3.8, 4) is 5.75 Å². The van der Waals surface area contributed by atoms with Crippen LogP contribution in [-0.2, 0) is 4.74 Å². The summed E-state index contributed by atoms with van der Waals surface area (Å²) in [6, 6.07) is 5.77. The Labute approximate surface area is 130 Å². The minimum Gasteiger partial charge on any atom is -0.496 e. The summed E-state index contributed by atoms with van der Waals surface area (Å²) in [4.78, 5) is 16.3.